The van der Waals surface area contributed by atoms with Gasteiger partial charge in [-0.2, -0.15) is 0 Å². The highest BCUT2D eigenvalue weighted by Gasteiger charge is 2.45. The summed E-state index contributed by atoms with van der Waals surface area (Å²) < 4.78 is 14.8. The van der Waals surface area contributed by atoms with E-state index in [0.717, 1.165) is 42.4 Å². The first-order valence-electron chi connectivity index (χ1n) is 26.8. The van der Waals surface area contributed by atoms with Gasteiger partial charge in [-0.05, 0) is 116 Å². The van der Waals surface area contributed by atoms with Crippen molar-refractivity contribution in [2.24, 2.45) is 18.9 Å². The monoisotopic (exact) mass is 1100 g/mol. The Hall–Kier alpha value is -7.68. The van der Waals surface area contributed by atoms with Gasteiger partial charge in [-0.3, -0.25) is 62.3 Å². The van der Waals surface area contributed by atoms with Gasteiger partial charge < -0.3 is 40.3 Å². The van der Waals surface area contributed by atoms with Crippen LogP contribution in [0.25, 0.3) is 21.9 Å². The van der Waals surface area contributed by atoms with Crippen molar-refractivity contribution in [2.45, 2.75) is 128 Å². The van der Waals surface area contributed by atoms with Crippen LogP contribution in [0.1, 0.15) is 123 Å². The van der Waals surface area contributed by atoms with Gasteiger partial charge in [0.05, 0.1) is 11.0 Å². The van der Waals surface area contributed by atoms with Crippen LogP contribution in [0.5, 0.6) is 0 Å². The minimum Gasteiger partial charge on any atom is -0.481 e. The number of carboxylic acid groups (broad SMARTS) is 1. The van der Waals surface area contributed by atoms with Crippen molar-refractivity contribution >= 4 is 82.8 Å². The number of H-pyrrole nitrogens is 1. The van der Waals surface area contributed by atoms with Crippen molar-refractivity contribution < 1.29 is 57.8 Å². The summed E-state index contributed by atoms with van der Waals surface area (Å²) in [6.07, 6.45) is 5.62. The molecular weight excluding hydrogens is 1040 g/mol. The lowest BCUT2D eigenvalue weighted by molar-refractivity contribution is -0.148. The fourth-order valence-electron chi connectivity index (χ4n) is 11.7. The number of carbonyl (C=O) groups excluding carboxylic acids is 7. The fraction of sp³-hybridized carbons (Fsp3) is 0.446. The number of hydrogen-bond donors (Lipinski definition) is 7. The molecule has 0 bridgehead atoms. The summed E-state index contributed by atoms with van der Waals surface area (Å²) in [7, 11) is -3.44. The number of imide groups is 1. The zero-order valence-electron chi connectivity index (χ0n) is 44.3. The van der Waals surface area contributed by atoms with E-state index in [1.54, 1.807) is 24.1 Å². The van der Waals surface area contributed by atoms with E-state index in [0.29, 0.717) is 58.7 Å². The summed E-state index contributed by atoms with van der Waals surface area (Å²) in [4.78, 5) is 146. The Balaban J connectivity index is 0.914. The van der Waals surface area contributed by atoms with Gasteiger partial charge in [-0.25, -0.2) is 4.79 Å². The van der Waals surface area contributed by atoms with E-state index in [4.69, 9.17) is 0 Å². The Morgan fingerprint density at radius 1 is 0.899 bits per heavy atom. The summed E-state index contributed by atoms with van der Waals surface area (Å²) in [5, 5.41) is 18.6. The number of aromatic amines is 1. The summed E-state index contributed by atoms with van der Waals surface area (Å²) in [6.45, 7) is 4.33. The largest absolute Gasteiger partial charge is 0.481 e. The van der Waals surface area contributed by atoms with Crippen LogP contribution in [0.4, 0.5) is 5.82 Å². The minimum absolute atomic E-state index is 0.106. The van der Waals surface area contributed by atoms with Gasteiger partial charge in [0.2, 0.25) is 30.0 Å². The zero-order chi connectivity index (χ0) is 56.4. The standard InChI is InChI=1S/C56H66N9O13P/c1-32(2)36-11-8-35(9-12-36)29-57-51(70)44(20-23-50(68)69)63(31-66)49-22-16-40-24-25-62(30-42(54(73)64(40)49)59-47-28-39-27-38(15-17-41(39)58-47)55(74)79(76,77)78)53(72)37-13-6-33(7-14-37)4-5-34-10-18-43-46(26-34)61(3)56(75)65(43)45-19-21-48(67)60-52(45)71/h8-12,15-18,26-28,31-33,37,42,44-45,49,58-59H,4-7,13-14,19-25,29-30H2,1-3H3,(H,57,70)(H,68,69)(H,60,67,71)(H2,76,77,78)/t33?,37?,42-,44-,45?,49-/m0/s1. The molecule has 22 nitrogen and oxygen atoms in total. The van der Waals surface area contributed by atoms with Gasteiger partial charge in [0.15, 0.2) is 0 Å². The number of benzene rings is 3. The Bertz CT molecular complexity index is 3370. The first kappa shape index (κ1) is 56.1. The molecule has 0 radical (unpaired) electrons. The molecular formula is C56H66N9O13P. The highest BCUT2D eigenvalue weighted by atomic mass is 31.2. The topological polar surface area (TPSA) is 303 Å². The summed E-state index contributed by atoms with van der Waals surface area (Å²) in [6, 6.07) is 15.9. The van der Waals surface area contributed by atoms with Gasteiger partial charge in [0.25, 0.3) is 11.4 Å². The number of rotatable bonds is 19. The second-order valence-electron chi connectivity index (χ2n) is 21.6. The molecule has 4 atom stereocenters. The van der Waals surface area contributed by atoms with E-state index in [2.05, 4.69) is 34.8 Å². The SMILES string of the molecule is CC(C)c1ccc(CNC(=O)[C@H](CCC(=O)O)N(C=O)[C@@H]2CC=C3CCN(C(=O)C4CCC(CCc5ccc6c(c5)n(C)c(=O)n6C5CCC(=O)NC5=O)CC4)C[C@H](Nc4cc5cc(C(=O)P(=O)(O)O)ccc5[nH]4)C(=O)N32)cc1. The summed E-state index contributed by atoms with van der Waals surface area (Å²) >= 11 is 0. The number of nitrogens with one attached hydrogen (secondary N) is 4. The Labute approximate surface area is 454 Å². The number of hydrogen-bond acceptors (Lipinski definition) is 11. The van der Waals surface area contributed by atoms with Crippen LogP contribution in [0.15, 0.2) is 83.3 Å². The van der Waals surface area contributed by atoms with Gasteiger partial charge in [0.1, 0.15) is 30.1 Å². The number of amides is 6. The Kier molecular flexibility index (Phi) is 16.6. The number of imidazole rings is 1. The van der Waals surface area contributed by atoms with Crippen molar-refractivity contribution in [2.75, 3.05) is 18.4 Å². The predicted molar refractivity (Wildman–Crippen MR) is 290 cm³/mol. The number of aromatic nitrogens is 3. The molecule has 6 amide bonds. The van der Waals surface area contributed by atoms with Crippen LogP contribution in [-0.4, -0.2) is 122 Å². The molecule has 0 spiro atoms. The maximum absolute atomic E-state index is 15.3. The molecule has 2 aromatic heterocycles. The van der Waals surface area contributed by atoms with Crippen LogP contribution in [0.3, 0.4) is 0 Å². The number of carbonyl (C=O) groups is 8. The molecule has 4 aliphatic rings. The molecule has 1 aliphatic carbocycles. The summed E-state index contributed by atoms with van der Waals surface area (Å²) in [5.74, 6) is -2.74. The van der Waals surface area contributed by atoms with Crippen molar-refractivity contribution in [3.8, 4) is 0 Å². The molecule has 3 aliphatic heterocycles. The quantitative estimate of drug-likeness (QED) is 0.0320. The third kappa shape index (κ3) is 12.2. The average molecular weight is 1100 g/mol. The van der Waals surface area contributed by atoms with E-state index >= 15 is 4.79 Å². The van der Waals surface area contributed by atoms with Crippen LogP contribution >= 0.6 is 7.60 Å². The highest BCUT2D eigenvalue weighted by molar-refractivity contribution is 7.70. The normalized spacial score (nSPS) is 21.3. The van der Waals surface area contributed by atoms with Crippen LogP contribution in [0.2, 0.25) is 0 Å². The van der Waals surface area contributed by atoms with Crippen molar-refractivity contribution in [3.63, 3.8) is 0 Å². The van der Waals surface area contributed by atoms with Gasteiger partial charge in [-0.1, -0.05) is 50.3 Å². The molecule has 3 fully saturated rings. The molecule has 3 aromatic carbocycles. The van der Waals surface area contributed by atoms with E-state index in [1.807, 2.05) is 42.5 Å². The molecule has 418 valence electrons. The summed E-state index contributed by atoms with van der Waals surface area (Å²) in [5.41, 5.74) is 3.29. The minimum atomic E-state index is -5.10. The zero-order valence-corrected chi connectivity index (χ0v) is 45.2. The highest BCUT2D eigenvalue weighted by Crippen LogP contribution is 2.40. The molecule has 23 heteroatoms. The van der Waals surface area contributed by atoms with Crippen molar-refractivity contribution in [1.82, 2.24) is 39.5 Å². The third-order valence-corrected chi connectivity index (χ3v) is 16.9. The first-order chi connectivity index (χ1) is 37.7. The van der Waals surface area contributed by atoms with Crippen molar-refractivity contribution in [3.05, 3.63) is 111 Å². The smallest absolute Gasteiger partial charge is 0.396 e. The van der Waals surface area contributed by atoms with Gasteiger partial charge in [0, 0.05) is 80.4 Å². The number of piperidine rings is 1. The lowest BCUT2D eigenvalue weighted by atomic mass is 9.79. The number of anilines is 1. The van der Waals surface area contributed by atoms with E-state index in [9.17, 15) is 57.8 Å². The third-order valence-electron chi connectivity index (χ3n) is 16.1. The molecule has 1 unspecified atom stereocenters. The number of nitrogens with zero attached hydrogens (tertiary/aromatic N) is 5. The number of fused-ring (bicyclic) bond motifs is 3. The van der Waals surface area contributed by atoms with Crippen LogP contribution in [-0.2, 0) is 58.1 Å². The lowest BCUT2D eigenvalue weighted by Crippen LogP contribution is -2.60. The predicted octanol–water partition coefficient (Wildman–Crippen LogP) is 5.14. The van der Waals surface area contributed by atoms with E-state index in [-0.39, 0.29) is 86.5 Å². The fourth-order valence-corrected chi connectivity index (χ4v) is 12.2. The second-order valence-corrected chi connectivity index (χ2v) is 23.1. The average Bonchev–Trinajstić information content (AvgIpc) is 4.34. The van der Waals surface area contributed by atoms with Crippen LogP contribution < -0.4 is 21.6 Å². The molecule has 2 saturated heterocycles. The van der Waals surface area contributed by atoms with Gasteiger partial charge in [-0.15, -0.1) is 0 Å². The lowest BCUT2D eigenvalue weighted by Gasteiger charge is -2.42. The Morgan fingerprint density at radius 3 is 2.32 bits per heavy atom. The van der Waals surface area contributed by atoms with E-state index < -0.39 is 67.5 Å². The molecule has 7 N–H and O–H groups in total. The molecule has 5 aromatic rings. The van der Waals surface area contributed by atoms with Crippen LogP contribution in [0, 0.1) is 11.8 Å². The number of aryl methyl sites for hydroxylation is 2. The first-order valence-corrected chi connectivity index (χ1v) is 28.5. The number of aliphatic carboxylic acids is 1. The molecule has 1 saturated carbocycles. The van der Waals surface area contributed by atoms with Crippen molar-refractivity contribution in [1.29, 1.82) is 0 Å². The maximum atomic E-state index is 15.3. The number of carboxylic acids is 1. The van der Waals surface area contributed by atoms with Gasteiger partial charge >= 0.3 is 19.3 Å². The molecule has 9 rings (SSSR count). The molecule has 79 heavy (non-hydrogen) atoms. The Morgan fingerprint density at radius 2 is 1.63 bits per heavy atom. The molecule has 5 heterocycles. The maximum Gasteiger partial charge on any atom is 0.396 e. The van der Waals surface area contributed by atoms with E-state index in [1.165, 1.54) is 37.1 Å². The second kappa shape index (κ2) is 23.3.